The number of benzene rings is 2. The molecule has 4 aromatic rings. The van der Waals surface area contributed by atoms with E-state index in [0.29, 0.717) is 23.2 Å². The molecule has 0 amide bonds. The number of imidazole rings is 1. The molecule has 0 bridgehead atoms. The zero-order chi connectivity index (χ0) is 20.9. The zero-order valence-corrected chi connectivity index (χ0v) is 17.5. The van der Waals surface area contributed by atoms with E-state index >= 15 is 0 Å². The monoisotopic (exact) mass is 502 g/mol. The molecule has 7 nitrogen and oxygen atoms in total. The molecule has 10 heteroatoms. The van der Waals surface area contributed by atoms with E-state index in [0.717, 1.165) is 47.3 Å². The van der Waals surface area contributed by atoms with Crippen LogP contribution in [0.1, 0.15) is 36.8 Å². The van der Waals surface area contributed by atoms with Crippen molar-refractivity contribution in [1.29, 1.82) is 0 Å². The number of aliphatic hydroxyl groups is 1. The van der Waals surface area contributed by atoms with Crippen molar-refractivity contribution in [1.82, 2.24) is 30.2 Å². The number of hydrogen-bond acceptors (Lipinski definition) is 5. The third-order valence-electron chi connectivity index (χ3n) is 5.14. The van der Waals surface area contributed by atoms with Crippen LogP contribution in [0, 0.1) is 0 Å². The summed E-state index contributed by atoms with van der Waals surface area (Å²) in [5.74, 6) is 1.55. The Morgan fingerprint density at radius 1 is 1.03 bits per heavy atom. The van der Waals surface area contributed by atoms with Crippen molar-refractivity contribution in [2.75, 3.05) is 0 Å². The second-order valence-corrected chi connectivity index (χ2v) is 7.46. The van der Waals surface area contributed by atoms with E-state index in [2.05, 4.69) is 62.9 Å². The molecular weight excluding hydrogens is 478 g/mol. The van der Waals surface area contributed by atoms with Crippen LogP contribution in [0.4, 0.5) is 0 Å². The van der Waals surface area contributed by atoms with E-state index in [1.807, 2.05) is 22.8 Å². The van der Waals surface area contributed by atoms with Gasteiger partial charge in [0.2, 0.25) is 0 Å². The molecule has 0 unspecified atom stereocenters. The quantitative estimate of drug-likeness (QED) is 0.361. The van der Waals surface area contributed by atoms with E-state index in [4.69, 9.17) is 11.6 Å². The van der Waals surface area contributed by atoms with Gasteiger partial charge < -0.3 is 9.67 Å². The molecule has 0 aliphatic heterocycles. The van der Waals surface area contributed by atoms with Gasteiger partial charge in [-0.3, -0.25) is 0 Å². The normalized spacial score (nSPS) is 10.5. The molecule has 2 aromatic carbocycles. The number of rotatable bonds is 8. The molecule has 0 spiro atoms. The van der Waals surface area contributed by atoms with Crippen molar-refractivity contribution in [2.45, 2.75) is 39.3 Å². The number of halogens is 1. The molecule has 4 rings (SSSR count). The van der Waals surface area contributed by atoms with E-state index in [9.17, 15) is 5.11 Å². The maximum atomic E-state index is 9.77. The minimum absolute atomic E-state index is 0. The predicted octanol–water partition coefficient (Wildman–Crippen LogP) is 2.97. The number of unbranched alkanes of at least 4 members (excludes halogenated alkanes) is 1. The summed E-state index contributed by atoms with van der Waals surface area (Å²) in [5.41, 5.74) is 4.84. The van der Waals surface area contributed by atoms with Crippen molar-refractivity contribution in [3.63, 3.8) is 0 Å². The Kier molecular flexibility index (Phi) is 12.4. The number of H-pyrrole nitrogens is 1. The summed E-state index contributed by atoms with van der Waals surface area (Å²) in [6, 6.07) is 16.3. The Morgan fingerprint density at radius 3 is 2.38 bits per heavy atom. The van der Waals surface area contributed by atoms with Crippen molar-refractivity contribution in [2.24, 2.45) is 0 Å². The number of aliphatic hydroxyl groups excluding tert-OH is 1. The first-order valence-electron chi connectivity index (χ1n) is 9.98. The summed E-state index contributed by atoms with van der Waals surface area (Å²) < 4.78 is 2.03. The fourth-order valence-corrected chi connectivity index (χ4v) is 3.81. The number of aromatic nitrogens is 6. The number of hydrogen-bond donors (Lipinski definition) is 2. The van der Waals surface area contributed by atoms with Crippen LogP contribution >= 0.6 is 11.6 Å². The van der Waals surface area contributed by atoms with Gasteiger partial charge in [-0.1, -0.05) is 73.5 Å². The molecule has 0 atom stereocenters. The van der Waals surface area contributed by atoms with Crippen molar-refractivity contribution in [3.05, 3.63) is 70.8 Å². The fourth-order valence-electron chi connectivity index (χ4n) is 3.56. The van der Waals surface area contributed by atoms with Gasteiger partial charge in [0.15, 0.2) is 11.0 Å². The summed E-state index contributed by atoms with van der Waals surface area (Å²) in [7, 11) is 0. The second kappa shape index (κ2) is 14.0. The van der Waals surface area contributed by atoms with Gasteiger partial charge in [0.1, 0.15) is 5.82 Å². The van der Waals surface area contributed by atoms with Crippen LogP contribution in [0.15, 0.2) is 48.5 Å². The second-order valence-electron chi connectivity index (χ2n) is 7.11. The van der Waals surface area contributed by atoms with Crippen molar-refractivity contribution in [3.8, 4) is 22.5 Å². The molecule has 2 N–H and O–H groups in total. The Labute approximate surface area is 277 Å². The number of aryl methyl sites for hydroxylation is 1. The number of nitrogens with one attached hydrogen (secondary N) is 1. The third kappa shape index (κ3) is 6.68. The predicted molar refractivity (Wildman–Crippen MR) is 130 cm³/mol. The summed E-state index contributed by atoms with van der Waals surface area (Å²) in [6.45, 7) is 2.63. The zero-order valence-electron chi connectivity index (χ0n) is 16.7. The van der Waals surface area contributed by atoms with Crippen molar-refractivity contribution < 1.29 is 5.11 Å². The number of aromatic amines is 1. The number of tetrazole rings is 1. The third-order valence-corrected chi connectivity index (χ3v) is 5.44. The molecular formula is C22H25ClK2N6O. The van der Waals surface area contributed by atoms with Crippen molar-refractivity contribution >= 4 is 114 Å². The van der Waals surface area contributed by atoms with E-state index < -0.39 is 0 Å². The van der Waals surface area contributed by atoms with Crippen LogP contribution in [0.2, 0.25) is 5.15 Å². The van der Waals surface area contributed by atoms with Crippen LogP contribution < -0.4 is 0 Å². The summed E-state index contributed by atoms with van der Waals surface area (Å²) in [5, 5.41) is 24.4. The fraction of sp³-hybridized carbons (Fsp3) is 0.273. The first kappa shape index (κ1) is 28.5. The van der Waals surface area contributed by atoms with Gasteiger partial charge in [-0.2, -0.15) is 0 Å². The van der Waals surface area contributed by atoms with Crippen LogP contribution in [-0.4, -0.2) is 138 Å². The SMILES string of the molecule is CCCCc1nc(Cl)c(CO)n1Cc1ccc(-c2ccccc2-c2nnn[nH]2)cc1.[KH].[KH]. The molecule has 0 saturated carbocycles. The van der Waals surface area contributed by atoms with Crippen LogP contribution in [0.5, 0.6) is 0 Å². The summed E-state index contributed by atoms with van der Waals surface area (Å²) >= 11 is 6.26. The Bertz CT molecular complexity index is 1120. The Balaban J connectivity index is 0.00000181. The molecule has 0 fully saturated rings. The van der Waals surface area contributed by atoms with Crippen LogP contribution in [-0.2, 0) is 19.6 Å². The molecule has 2 heterocycles. The minimum atomic E-state index is -0.130. The first-order valence-corrected chi connectivity index (χ1v) is 10.4. The Morgan fingerprint density at radius 2 is 1.75 bits per heavy atom. The van der Waals surface area contributed by atoms with Gasteiger partial charge in [0, 0.05) is 18.5 Å². The molecule has 2 aromatic heterocycles. The standard InChI is InChI=1S/C22H23ClN6O.2K.2H/c1-2-3-8-20-24-21(23)19(14-30)29(20)13-15-9-11-16(12-10-15)17-6-4-5-7-18(17)22-25-27-28-26-22;;;;/h4-7,9-12,30H,2-3,8,13-14H2,1H3,(H,25,26,27,28);;;;. The topological polar surface area (TPSA) is 92.5 Å². The maximum absolute atomic E-state index is 9.77. The van der Waals surface area contributed by atoms with Crippen LogP contribution in [0.25, 0.3) is 22.5 Å². The van der Waals surface area contributed by atoms with E-state index in [1.54, 1.807) is 0 Å². The average molecular weight is 503 g/mol. The van der Waals surface area contributed by atoms with Crippen LogP contribution in [0.3, 0.4) is 0 Å². The first-order chi connectivity index (χ1) is 14.7. The van der Waals surface area contributed by atoms with E-state index in [-0.39, 0.29) is 109 Å². The van der Waals surface area contributed by atoms with Gasteiger partial charge in [-0.25, -0.2) is 10.1 Å². The number of nitrogens with zero attached hydrogens (tertiary/aromatic N) is 5. The van der Waals surface area contributed by atoms with Gasteiger partial charge in [0.05, 0.1) is 12.3 Å². The van der Waals surface area contributed by atoms with Gasteiger partial charge in [-0.05, 0) is 33.5 Å². The summed E-state index contributed by atoms with van der Waals surface area (Å²) in [6.07, 6.45) is 2.95. The molecule has 0 saturated heterocycles. The van der Waals surface area contributed by atoms with Gasteiger partial charge in [-0.15, -0.1) is 5.10 Å². The molecule has 0 radical (unpaired) electrons. The van der Waals surface area contributed by atoms with Gasteiger partial charge >= 0.3 is 103 Å². The summed E-state index contributed by atoms with van der Waals surface area (Å²) in [4.78, 5) is 4.47. The molecule has 0 aliphatic rings. The molecule has 158 valence electrons. The Hall–Kier alpha value is 0.243. The van der Waals surface area contributed by atoms with E-state index in [1.165, 1.54) is 0 Å². The molecule has 32 heavy (non-hydrogen) atoms. The average Bonchev–Trinajstić information content (AvgIpc) is 3.41. The van der Waals surface area contributed by atoms with Gasteiger partial charge in [0.25, 0.3) is 0 Å². The molecule has 0 aliphatic carbocycles.